The van der Waals surface area contributed by atoms with Crippen molar-refractivity contribution in [1.29, 1.82) is 0 Å². The van der Waals surface area contributed by atoms with Crippen LogP contribution in [-0.2, 0) is 4.79 Å². The number of hydrogen-bond acceptors (Lipinski definition) is 4. The Balaban J connectivity index is 2.02. The third-order valence-electron chi connectivity index (χ3n) is 3.34. The maximum absolute atomic E-state index is 11.9. The van der Waals surface area contributed by atoms with E-state index in [1.165, 1.54) is 0 Å². The molecule has 1 aromatic rings. The van der Waals surface area contributed by atoms with E-state index in [0.717, 1.165) is 31.6 Å². The third kappa shape index (κ3) is 3.46. The maximum Gasteiger partial charge on any atom is 0.269 e. The number of piperazine rings is 1. The summed E-state index contributed by atoms with van der Waals surface area (Å²) in [5.41, 5.74) is 1.42. The monoisotopic (exact) mass is 276 g/mol. The van der Waals surface area contributed by atoms with Gasteiger partial charge in [-0.25, -0.2) is 0 Å². The lowest BCUT2D eigenvalue weighted by molar-refractivity contribution is -0.118. The molecule has 0 radical (unpaired) electrons. The van der Waals surface area contributed by atoms with Crippen LogP contribution in [0.25, 0.3) is 0 Å². The number of aromatic nitrogens is 1. The SMILES string of the molecule is CCCNC(=O)c1cc(N2CCN(C=O)CC2)ccn1. The minimum absolute atomic E-state index is 0.139. The van der Waals surface area contributed by atoms with E-state index in [-0.39, 0.29) is 5.91 Å². The Morgan fingerprint density at radius 3 is 2.80 bits per heavy atom. The van der Waals surface area contributed by atoms with Gasteiger partial charge < -0.3 is 15.1 Å². The van der Waals surface area contributed by atoms with Crippen molar-refractivity contribution in [3.63, 3.8) is 0 Å². The van der Waals surface area contributed by atoms with Crippen LogP contribution in [0.4, 0.5) is 5.69 Å². The maximum atomic E-state index is 11.9. The molecule has 0 spiro atoms. The van der Waals surface area contributed by atoms with E-state index in [0.29, 0.717) is 25.3 Å². The Bertz CT molecular complexity index is 470. The van der Waals surface area contributed by atoms with Crippen molar-refractivity contribution in [3.8, 4) is 0 Å². The van der Waals surface area contributed by atoms with Gasteiger partial charge in [-0.1, -0.05) is 6.92 Å². The second kappa shape index (κ2) is 6.88. The van der Waals surface area contributed by atoms with Gasteiger partial charge >= 0.3 is 0 Å². The Morgan fingerprint density at radius 2 is 2.15 bits per heavy atom. The molecule has 0 bridgehead atoms. The highest BCUT2D eigenvalue weighted by atomic mass is 16.2. The van der Waals surface area contributed by atoms with Gasteiger partial charge in [-0.2, -0.15) is 0 Å². The summed E-state index contributed by atoms with van der Waals surface area (Å²) >= 11 is 0. The Hall–Kier alpha value is -2.11. The predicted octanol–water partition coefficient (Wildman–Crippen LogP) is 0.500. The van der Waals surface area contributed by atoms with E-state index in [1.807, 2.05) is 19.1 Å². The van der Waals surface area contributed by atoms with Crippen molar-refractivity contribution in [2.75, 3.05) is 37.6 Å². The molecule has 2 heterocycles. The molecule has 0 aromatic carbocycles. The Morgan fingerprint density at radius 1 is 1.40 bits per heavy atom. The van der Waals surface area contributed by atoms with Crippen molar-refractivity contribution in [2.45, 2.75) is 13.3 Å². The zero-order valence-corrected chi connectivity index (χ0v) is 11.7. The lowest BCUT2D eigenvalue weighted by Gasteiger charge is -2.34. The van der Waals surface area contributed by atoms with Crippen molar-refractivity contribution < 1.29 is 9.59 Å². The van der Waals surface area contributed by atoms with E-state index in [4.69, 9.17) is 0 Å². The van der Waals surface area contributed by atoms with Crippen molar-refractivity contribution >= 4 is 18.0 Å². The first-order chi connectivity index (χ1) is 9.74. The summed E-state index contributed by atoms with van der Waals surface area (Å²) in [4.78, 5) is 30.6. The number of carbonyl (C=O) groups is 2. The molecule has 0 saturated carbocycles. The standard InChI is InChI=1S/C14H20N4O2/c1-2-4-16-14(20)13-10-12(3-5-15-13)18-8-6-17(11-19)7-9-18/h3,5,10-11H,2,4,6-9H2,1H3,(H,16,20). The summed E-state index contributed by atoms with van der Waals surface area (Å²) in [5, 5.41) is 2.82. The second-order valence-electron chi connectivity index (χ2n) is 4.78. The number of carbonyl (C=O) groups excluding carboxylic acids is 2. The normalized spacial score (nSPS) is 15.1. The molecule has 1 N–H and O–H groups in total. The molecule has 1 saturated heterocycles. The molecule has 6 nitrogen and oxygen atoms in total. The number of rotatable bonds is 5. The van der Waals surface area contributed by atoms with E-state index in [2.05, 4.69) is 15.2 Å². The lowest BCUT2D eigenvalue weighted by atomic mass is 10.2. The molecular weight excluding hydrogens is 256 g/mol. The van der Waals surface area contributed by atoms with Crippen LogP contribution in [0.5, 0.6) is 0 Å². The Kier molecular flexibility index (Phi) is 4.92. The first-order valence-corrected chi connectivity index (χ1v) is 6.93. The summed E-state index contributed by atoms with van der Waals surface area (Å²) in [6.07, 6.45) is 3.44. The van der Waals surface area contributed by atoms with Crippen molar-refractivity contribution in [3.05, 3.63) is 24.0 Å². The highest BCUT2D eigenvalue weighted by Crippen LogP contribution is 2.16. The topological polar surface area (TPSA) is 65.5 Å². The van der Waals surface area contributed by atoms with Gasteiger partial charge in [-0.15, -0.1) is 0 Å². The molecule has 1 aromatic heterocycles. The minimum atomic E-state index is -0.139. The Labute approximate surface area is 118 Å². The minimum Gasteiger partial charge on any atom is -0.368 e. The molecule has 1 aliphatic heterocycles. The van der Waals surface area contributed by atoms with Gasteiger partial charge in [0.05, 0.1) is 0 Å². The van der Waals surface area contributed by atoms with Gasteiger partial charge in [0.25, 0.3) is 5.91 Å². The quantitative estimate of drug-likeness (QED) is 0.795. The fraction of sp³-hybridized carbons (Fsp3) is 0.500. The highest BCUT2D eigenvalue weighted by Gasteiger charge is 2.17. The highest BCUT2D eigenvalue weighted by molar-refractivity contribution is 5.93. The van der Waals surface area contributed by atoms with Crippen LogP contribution < -0.4 is 10.2 Å². The van der Waals surface area contributed by atoms with Gasteiger partial charge in [-0.05, 0) is 18.6 Å². The summed E-state index contributed by atoms with van der Waals surface area (Å²) in [7, 11) is 0. The smallest absolute Gasteiger partial charge is 0.269 e. The molecule has 20 heavy (non-hydrogen) atoms. The molecule has 1 fully saturated rings. The van der Waals surface area contributed by atoms with Crippen molar-refractivity contribution in [1.82, 2.24) is 15.2 Å². The largest absolute Gasteiger partial charge is 0.368 e. The third-order valence-corrected chi connectivity index (χ3v) is 3.34. The molecular formula is C14H20N4O2. The van der Waals surface area contributed by atoms with E-state index >= 15 is 0 Å². The van der Waals surface area contributed by atoms with Crippen LogP contribution in [0, 0.1) is 0 Å². The van der Waals surface area contributed by atoms with Gasteiger partial charge in [0.1, 0.15) is 5.69 Å². The second-order valence-corrected chi connectivity index (χ2v) is 4.78. The number of nitrogens with zero attached hydrogens (tertiary/aromatic N) is 3. The van der Waals surface area contributed by atoms with Crippen LogP contribution >= 0.6 is 0 Å². The number of hydrogen-bond donors (Lipinski definition) is 1. The molecule has 6 heteroatoms. The molecule has 0 aliphatic carbocycles. The summed E-state index contributed by atoms with van der Waals surface area (Å²) < 4.78 is 0. The number of nitrogens with one attached hydrogen (secondary N) is 1. The first kappa shape index (κ1) is 14.3. The van der Waals surface area contributed by atoms with Crippen LogP contribution in [0.1, 0.15) is 23.8 Å². The van der Waals surface area contributed by atoms with Gasteiger partial charge in [0.15, 0.2) is 0 Å². The van der Waals surface area contributed by atoms with Gasteiger partial charge in [0, 0.05) is 44.6 Å². The molecule has 0 atom stereocenters. The van der Waals surface area contributed by atoms with Crippen LogP contribution in [0.3, 0.4) is 0 Å². The number of pyridine rings is 1. The predicted molar refractivity (Wildman–Crippen MR) is 76.7 cm³/mol. The first-order valence-electron chi connectivity index (χ1n) is 6.93. The lowest BCUT2D eigenvalue weighted by Crippen LogP contribution is -2.45. The van der Waals surface area contributed by atoms with Gasteiger partial charge in [-0.3, -0.25) is 14.6 Å². The fourth-order valence-corrected chi connectivity index (χ4v) is 2.15. The van der Waals surface area contributed by atoms with E-state index < -0.39 is 0 Å². The van der Waals surface area contributed by atoms with Gasteiger partial charge in [0.2, 0.25) is 6.41 Å². The van der Waals surface area contributed by atoms with Crippen LogP contribution in [0.2, 0.25) is 0 Å². The zero-order chi connectivity index (χ0) is 14.4. The molecule has 2 rings (SSSR count). The van der Waals surface area contributed by atoms with Crippen LogP contribution in [0.15, 0.2) is 18.3 Å². The molecule has 108 valence electrons. The number of amides is 2. The number of anilines is 1. The molecule has 0 unspecified atom stereocenters. The summed E-state index contributed by atoms with van der Waals surface area (Å²) in [6, 6.07) is 3.70. The summed E-state index contributed by atoms with van der Waals surface area (Å²) in [6.45, 7) is 5.64. The van der Waals surface area contributed by atoms with Crippen LogP contribution in [-0.4, -0.2) is 54.9 Å². The zero-order valence-electron chi connectivity index (χ0n) is 11.7. The van der Waals surface area contributed by atoms with Crippen molar-refractivity contribution in [2.24, 2.45) is 0 Å². The summed E-state index contributed by atoms with van der Waals surface area (Å²) in [5.74, 6) is -0.139. The molecule has 2 amide bonds. The average molecular weight is 276 g/mol. The average Bonchev–Trinajstić information content (AvgIpc) is 2.52. The van der Waals surface area contributed by atoms with E-state index in [1.54, 1.807) is 11.1 Å². The van der Waals surface area contributed by atoms with E-state index in [9.17, 15) is 9.59 Å². The fourth-order valence-electron chi connectivity index (χ4n) is 2.15. The molecule has 1 aliphatic rings.